The zero-order valence-electron chi connectivity index (χ0n) is 25.3. The summed E-state index contributed by atoms with van der Waals surface area (Å²) in [5, 5.41) is 4.88. The molecule has 218 valence electrons. The van der Waals surface area contributed by atoms with Crippen molar-refractivity contribution in [2.75, 3.05) is 13.1 Å². The van der Waals surface area contributed by atoms with Gasteiger partial charge in [0, 0.05) is 12.1 Å². The molecule has 0 heterocycles. The summed E-state index contributed by atoms with van der Waals surface area (Å²) in [6.45, 7) is 24.1. The van der Waals surface area contributed by atoms with Gasteiger partial charge in [0.25, 0.3) is 0 Å². The topological polar surface area (TPSA) is 66.1 Å². The molecule has 0 amide bonds. The van der Waals surface area contributed by atoms with Gasteiger partial charge < -0.3 is 16.8 Å². The third-order valence-corrected chi connectivity index (χ3v) is 7.20. The van der Waals surface area contributed by atoms with Crippen LogP contribution in [0.3, 0.4) is 0 Å². The molecule has 0 aromatic heterocycles. The number of aryl methyl sites for hydroxylation is 2. The third-order valence-electron chi connectivity index (χ3n) is 7.20. The van der Waals surface area contributed by atoms with Crippen molar-refractivity contribution >= 4 is 20.3 Å². The summed E-state index contributed by atoms with van der Waals surface area (Å²) in [5.41, 5.74) is 24.5. The fourth-order valence-corrected chi connectivity index (χ4v) is 5.34. The molecule has 0 saturated carbocycles. The van der Waals surface area contributed by atoms with Crippen molar-refractivity contribution in [3.63, 3.8) is 0 Å². The maximum atomic E-state index is 6.79. The molecule has 38 heavy (non-hydrogen) atoms. The first-order valence-electron chi connectivity index (χ1n) is 14.0. The molecule has 2 atom stereocenters. The van der Waals surface area contributed by atoms with Crippen LogP contribution in [0.4, 0.5) is 0 Å². The molecule has 0 radical (unpaired) electrons. The molecule has 4 N–H and O–H groups in total. The van der Waals surface area contributed by atoms with Crippen LogP contribution in [0.5, 0.6) is 0 Å². The Bertz CT molecular complexity index is 853. The molecular formula is C32H52Cl2CoN3. The number of nitrogens with zero attached hydrogens (tertiary/aromatic N) is 1. The third kappa shape index (κ3) is 10.4. The van der Waals surface area contributed by atoms with Crippen molar-refractivity contribution in [1.82, 2.24) is 0 Å². The van der Waals surface area contributed by atoms with Crippen LogP contribution in [0.1, 0.15) is 148 Å². The van der Waals surface area contributed by atoms with Gasteiger partial charge >= 0.3 is 33.2 Å². The van der Waals surface area contributed by atoms with E-state index in [4.69, 9.17) is 37.1 Å². The Hall–Kier alpha value is -0.594. The summed E-state index contributed by atoms with van der Waals surface area (Å²) in [4.78, 5) is 0. The molecule has 3 nitrogen and oxygen atoms in total. The Morgan fingerprint density at radius 1 is 0.605 bits per heavy atom. The molecule has 0 aliphatic heterocycles. The molecule has 0 spiro atoms. The molecule has 2 unspecified atom stereocenters. The molecule has 2 aromatic rings. The van der Waals surface area contributed by atoms with E-state index in [0.29, 0.717) is 36.6 Å². The number of nitrogens with two attached hydrogens (primary N) is 2. The normalized spacial score (nSPS) is 13.4. The Morgan fingerprint density at radius 3 is 1.05 bits per heavy atom. The van der Waals surface area contributed by atoms with E-state index >= 15 is 0 Å². The van der Waals surface area contributed by atoms with Crippen LogP contribution in [0.25, 0.3) is 5.32 Å². The van der Waals surface area contributed by atoms with E-state index in [0.717, 1.165) is 25.9 Å². The van der Waals surface area contributed by atoms with Gasteiger partial charge in [-0.3, -0.25) is 0 Å². The van der Waals surface area contributed by atoms with Gasteiger partial charge in [0.05, 0.1) is 0 Å². The van der Waals surface area contributed by atoms with E-state index in [1.165, 1.54) is 44.5 Å². The zero-order valence-corrected chi connectivity index (χ0v) is 27.8. The molecule has 0 bridgehead atoms. The second kappa shape index (κ2) is 17.3. The van der Waals surface area contributed by atoms with E-state index in [1.807, 2.05) is 0 Å². The summed E-state index contributed by atoms with van der Waals surface area (Å²) in [6.07, 6.45) is 1.74. The Balaban J connectivity index is 0.00000229. The monoisotopic (exact) mass is 607 g/mol. The van der Waals surface area contributed by atoms with Crippen LogP contribution in [0.15, 0.2) is 24.3 Å². The van der Waals surface area contributed by atoms with E-state index in [9.17, 15) is 0 Å². The van der Waals surface area contributed by atoms with Crippen LogP contribution in [0.2, 0.25) is 0 Å². The van der Waals surface area contributed by atoms with Crippen molar-refractivity contribution in [2.45, 2.75) is 118 Å². The van der Waals surface area contributed by atoms with Gasteiger partial charge in [-0.1, -0.05) is 104 Å². The Kier molecular flexibility index (Phi) is 16.1. The van der Waals surface area contributed by atoms with Crippen LogP contribution in [-0.2, 0) is 12.9 Å². The van der Waals surface area contributed by atoms with Crippen LogP contribution >= 0.6 is 20.3 Å². The number of halogens is 2. The van der Waals surface area contributed by atoms with Gasteiger partial charge in [0.2, 0.25) is 0 Å². The predicted octanol–water partition coefficient (Wildman–Crippen LogP) is 10.0. The quantitative estimate of drug-likeness (QED) is 0.236. The molecule has 2 aromatic carbocycles. The predicted molar refractivity (Wildman–Crippen MR) is 167 cm³/mol. The second-order valence-corrected chi connectivity index (χ2v) is 13.6. The summed E-state index contributed by atoms with van der Waals surface area (Å²) < 4.78 is 0. The van der Waals surface area contributed by atoms with E-state index in [2.05, 4.69) is 93.5 Å². The van der Waals surface area contributed by atoms with E-state index in [1.54, 1.807) is 0 Å². The standard InChI is InChI=1S/C32H52N3.2ClH.Co/c1-19(2)25-15-23(9)16-26(20(3)4)31(25)29(33)11-13-35-14-12-30(34)32-27(21(5)6)17-24(10)18-28(32)22(7)8;;;/h15-22,29-30H,11-14,33-34H2,1-10H3;2*1H;/q-1;;;+3/p-2. The summed E-state index contributed by atoms with van der Waals surface area (Å²) >= 11 is 0.382. The van der Waals surface area contributed by atoms with E-state index in [-0.39, 0.29) is 12.1 Å². The fourth-order valence-electron chi connectivity index (χ4n) is 5.34. The average molecular weight is 609 g/mol. The van der Waals surface area contributed by atoms with Gasteiger partial charge in [-0.05, 0) is 70.9 Å². The maximum absolute atomic E-state index is 6.79. The van der Waals surface area contributed by atoms with Gasteiger partial charge in [-0.2, -0.15) is 0 Å². The summed E-state index contributed by atoms with van der Waals surface area (Å²) in [5.74, 6) is 1.85. The molecular weight excluding hydrogens is 556 g/mol. The SMILES string of the molecule is Cc1cc(C(C)C)c(C(N)CC[N-]CCC(N)c2c(C(C)C)cc(C)cc2C(C)C)c(C(C)C)c1.[Cl][Co+][Cl]. The zero-order chi connectivity index (χ0) is 29.2. The van der Waals surface area contributed by atoms with Crippen LogP contribution in [-0.4, -0.2) is 13.1 Å². The van der Waals surface area contributed by atoms with Crippen molar-refractivity contribution in [3.8, 4) is 0 Å². The minimum atomic E-state index is 0.0139. The van der Waals surface area contributed by atoms with E-state index < -0.39 is 0 Å². The van der Waals surface area contributed by atoms with Gasteiger partial charge in [0.1, 0.15) is 0 Å². The minimum absolute atomic E-state index is 0.0139. The van der Waals surface area contributed by atoms with Crippen molar-refractivity contribution in [3.05, 3.63) is 74.1 Å². The average Bonchev–Trinajstić information content (AvgIpc) is 2.82. The molecule has 6 heteroatoms. The number of benzene rings is 2. The molecule has 0 saturated heterocycles. The Labute approximate surface area is 248 Å². The second-order valence-electron chi connectivity index (χ2n) is 11.8. The molecule has 2 rings (SSSR count). The first-order chi connectivity index (χ1) is 17.8. The van der Waals surface area contributed by atoms with Crippen molar-refractivity contribution in [1.29, 1.82) is 0 Å². The van der Waals surface area contributed by atoms with Crippen LogP contribution in [0, 0.1) is 13.8 Å². The van der Waals surface area contributed by atoms with Gasteiger partial charge in [0.15, 0.2) is 0 Å². The van der Waals surface area contributed by atoms with Gasteiger partial charge in [-0.15, -0.1) is 13.1 Å². The first-order valence-corrected chi connectivity index (χ1v) is 16.9. The summed E-state index contributed by atoms with van der Waals surface area (Å²) in [6, 6.07) is 9.31. The number of hydrogen-bond donors (Lipinski definition) is 2. The molecule has 0 fully saturated rings. The van der Waals surface area contributed by atoms with Crippen molar-refractivity contribution in [2.24, 2.45) is 11.5 Å². The van der Waals surface area contributed by atoms with Gasteiger partial charge in [-0.25, -0.2) is 0 Å². The summed E-state index contributed by atoms with van der Waals surface area (Å²) in [7, 11) is 9.47. The Morgan fingerprint density at radius 2 is 0.842 bits per heavy atom. The number of hydrogen-bond acceptors (Lipinski definition) is 2. The van der Waals surface area contributed by atoms with Crippen molar-refractivity contribution < 1.29 is 12.9 Å². The molecule has 0 aliphatic carbocycles. The van der Waals surface area contributed by atoms with Crippen LogP contribution < -0.4 is 11.5 Å². The fraction of sp³-hybridized carbons (Fsp3) is 0.625. The molecule has 0 aliphatic rings. The number of rotatable bonds is 12. The first kappa shape index (κ1) is 35.4.